The van der Waals surface area contributed by atoms with Crippen LogP contribution in [0.25, 0.3) is 10.9 Å². The van der Waals surface area contributed by atoms with Crippen LogP contribution in [0.4, 0.5) is 0 Å². The number of carboxylic acids is 1. The van der Waals surface area contributed by atoms with Crippen LogP contribution in [-0.2, 0) is 25.6 Å². The van der Waals surface area contributed by atoms with Gasteiger partial charge in [0.1, 0.15) is 18.1 Å². The quantitative estimate of drug-likeness (QED) is 0.192. The molecule has 0 bridgehead atoms. The van der Waals surface area contributed by atoms with Crippen molar-refractivity contribution in [3.8, 4) is 0 Å². The molecule has 1 aromatic carbocycles. The molecule has 1 aromatic heterocycles. The molecule has 0 aliphatic rings. The zero-order valence-corrected chi connectivity index (χ0v) is 21.8. The van der Waals surface area contributed by atoms with Gasteiger partial charge in [0.25, 0.3) is 0 Å². The first-order valence-corrected chi connectivity index (χ1v) is 12.5. The summed E-state index contributed by atoms with van der Waals surface area (Å²) in [6.07, 6.45) is 2.76. The number of aromatic amines is 1. The molecule has 5 unspecified atom stereocenters. The second kappa shape index (κ2) is 13.8. The highest BCUT2D eigenvalue weighted by Crippen LogP contribution is 2.19. The molecular formula is C26H39N5O6. The lowest BCUT2D eigenvalue weighted by atomic mass is 9.99. The van der Waals surface area contributed by atoms with E-state index in [0.717, 1.165) is 16.5 Å². The summed E-state index contributed by atoms with van der Waals surface area (Å²) in [7, 11) is 0. The molecule has 0 saturated heterocycles. The van der Waals surface area contributed by atoms with E-state index in [-0.39, 0.29) is 18.3 Å². The molecule has 0 fully saturated rings. The third-order valence-electron chi connectivity index (χ3n) is 6.39. The number of rotatable bonds is 14. The molecule has 37 heavy (non-hydrogen) atoms. The minimum absolute atomic E-state index is 0.0976. The smallest absolute Gasteiger partial charge is 0.326 e. The lowest BCUT2D eigenvalue weighted by Gasteiger charge is -2.26. The van der Waals surface area contributed by atoms with Crippen LogP contribution in [0.1, 0.15) is 46.1 Å². The third kappa shape index (κ3) is 8.29. The van der Waals surface area contributed by atoms with Gasteiger partial charge >= 0.3 is 5.97 Å². The molecule has 8 N–H and O–H groups in total. The van der Waals surface area contributed by atoms with E-state index < -0.39 is 54.5 Å². The first-order chi connectivity index (χ1) is 17.5. The van der Waals surface area contributed by atoms with Crippen molar-refractivity contribution >= 4 is 34.6 Å². The molecule has 5 atom stereocenters. The largest absolute Gasteiger partial charge is 0.480 e. The molecule has 11 heteroatoms. The number of nitrogens with one attached hydrogen (secondary N) is 4. The SMILES string of the molecule is CCC(C)C(NC(=O)C(CO)NC(=O)C(Cc1c[nH]c2ccccc12)NC(=O)C(N)CC(C)C)C(=O)O. The Balaban J connectivity index is 2.24. The summed E-state index contributed by atoms with van der Waals surface area (Å²) in [5.74, 6) is -3.47. The highest BCUT2D eigenvalue weighted by molar-refractivity contribution is 5.95. The van der Waals surface area contributed by atoms with E-state index in [1.807, 2.05) is 38.1 Å². The highest BCUT2D eigenvalue weighted by Gasteiger charge is 2.32. The fraction of sp³-hybridized carbons (Fsp3) is 0.538. The Labute approximate surface area is 216 Å². The van der Waals surface area contributed by atoms with E-state index in [4.69, 9.17) is 5.73 Å². The van der Waals surface area contributed by atoms with Gasteiger partial charge in [-0.25, -0.2) is 4.79 Å². The molecule has 1 heterocycles. The number of aliphatic carboxylic acids is 1. The van der Waals surface area contributed by atoms with E-state index in [9.17, 15) is 29.4 Å². The topological polar surface area (TPSA) is 187 Å². The molecule has 0 aliphatic heterocycles. The lowest BCUT2D eigenvalue weighted by molar-refractivity contribution is -0.144. The molecule has 0 saturated carbocycles. The molecule has 0 spiro atoms. The maximum atomic E-state index is 13.3. The first-order valence-electron chi connectivity index (χ1n) is 12.5. The van der Waals surface area contributed by atoms with Crippen LogP contribution in [-0.4, -0.2) is 69.7 Å². The van der Waals surface area contributed by atoms with Crippen LogP contribution in [0.3, 0.4) is 0 Å². The van der Waals surface area contributed by atoms with Gasteiger partial charge in [0.15, 0.2) is 0 Å². The van der Waals surface area contributed by atoms with Crippen LogP contribution in [0, 0.1) is 11.8 Å². The van der Waals surface area contributed by atoms with Crippen molar-refractivity contribution in [2.75, 3.05) is 6.61 Å². The van der Waals surface area contributed by atoms with Gasteiger partial charge in [-0.05, 0) is 29.9 Å². The number of aromatic nitrogens is 1. The number of hydrogen-bond donors (Lipinski definition) is 7. The first kappa shape index (κ1) is 29.8. The van der Waals surface area contributed by atoms with E-state index in [0.29, 0.717) is 12.8 Å². The molecule has 204 valence electrons. The van der Waals surface area contributed by atoms with Gasteiger partial charge in [0.05, 0.1) is 12.6 Å². The zero-order chi connectivity index (χ0) is 27.7. The summed E-state index contributed by atoms with van der Waals surface area (Å²) in [5, 5.41) is 27.7. The monoisotopic (exact) mass is 517 g/mol. The highest BCUT2D eigenvalue weighted by atomic mass is 16.4. The number of carboxylic acid groups (broad SMARTS) is 1. The summed E-state index contributed by atoms with van der Waals surface area (Å²) in [5.41, 5.74) is 7.64. The Hall–Kier alpha value is -3.44. The van der Waals surface area contributed by atoms with Gasteiger partial charge in [-0.3, -0.25) is 14.4 Å². The minimum Gasteiger partial charge on any atom is -0.480 e. The lowest BCUT2D eigenvalue weighted by Crippen LogP contribution is -2.59. The van der Waals surface area contributed by atoms with E-state index in [2.05, 4.69) is 20.9 Å². The number of hydrogen-bond acceptors (Lipinski definition) is 6. The van der Waals surface area contributed by atoms with Gasteiger partial charge < -0.3 is 36.9 Å². The van der Waals surface area contributed by atoms with Crippen molar-refractivity contribution in [2.24, 2.45) is 17.6 Å². The normalized spacial score (nSPS) is 15.4. The predicted molar refractivity (Wildman–Crippen MR) is 139 cm³/mol. The van der Waals surface area contributed by atoms with Gasteiger partial charge in [0.2, 0.25) is 17.7 Å². The molecule has 11 nitrogen and oxygen atoms in total. The van der Waals surface area contributed by atoms with Crippen molar-refractivity contribution < 1.29 is 29.4 Å². The zero-order valence-electron chi connectivity index (χ0n) is 21.8. The Morgan fingerprint density at radius 2 is 1.59 bits per heavy atom. The maximum absolute atomic E-state index is 13.3. The van der Waals surface area contributed by atoms with Crippen molar-refractivity contribution in [1.29, 1.82) is 0 Å². The summed E-state index contributed by atoms with van der Waals surface area (Å²) in [4.78, 5) is 53.5. The van der Waals surface area contributed by atoms with Crippen molar-refractivity contribution in [2.45, 2.75) is 71.1 Å². The average molecular weight is 518 g/mol. The fourth-order valence-electron chi connectivity index (χ4n) is 4.03. The number of para-hydroxylation sites is 1. The van der Waals surface area contributed by atoms with Gasteiger partial charge in [-0.2, -0.15) is 0 Å². The number of amides is 3. The van der Waals surface area contributed by atoms with Crippen molar-refractivity contribution in [3.63, 3.8) is 0 Å². The fourth-order valence-corrected chi connectivity index (χ4v) is 4.03. The van der Waals surface area contributed by atoms with Crippen LogP contribution < -0.4 is 21.7 Å². The van der Waals surface area contributed by atoms with E-state index in [1.165, 1.54) is 0 Å². The second-order valence-corrected chi connectivity index (χ2v) is 9.81. The van der Waals surface area contributed by atoms with Crippen molar-refractivity contribution in [3.05, 3.63) is 36.0 Å². The van der Waals surface area contributed by atoms with Crippen LogP contribution in [0.15, 0.2) is 30.5 Å². The predicted octanol–water partition coefficient (Wildman–Crippen LogP) is 0.661. The van der Waals surface area contributed by atoms with Gasteiger partial charge in [-0.15, -0.1) is 0 Å². The van der Waals surface area contributed by atoms with Crippen LogP contribution in [0.5, 0.6) is 0 Å². The number of H-pyrrole nitrogens is 1. The number of carbonyl (C=O) groups is 4. The summed E-state index contributed by atoms with van der Waals surface area (Å²) in [6.45, 7) is 6.57. The Bertz CT molecular complexity index is 1080. The molecule has 2 aromatic rings. The van der Waals surface area contributed by atoms with Crippen molar-refractivity contribution in [1.82, 2.24) is 20.9 Å². The van der Waals surface area contributed by atoms with E-state index in [1.54, 1.807) is 20.0 Å². The number of aliphatic hydroxyl groups is 1. The summed E-state index contributed by atoms with van der Waals surface area (Å²) < 4.78 is 0. The summed E-state index contributed by atoms with van der Waals surface area (Å²) in [6, 6.07) is 2.96. The number of fused-ring (bicyclic) bond motifs is 1. The Kier molecular flexibility index (Phi) is 11.1. The Morgan fingerprint density at radius 1 is 0.973 bits per heavy atom. The number of nitrogens with two attached hydrogens (primary N) is 1. The average Bonchev–Trinajstić information content (AvgIpc) is 3.26. The van der Waals surface area contributed by atoms with E-state index >= 15 is 0 Å². The molecule has 2 rings (SSSR count). The second-order valence-electron chi connectivity index (χ2n) is 9.81. The third-order valence-corrected chi connectivity index (χ3v) is 6.39. The maximum Gasteiger partial charge on any atom is 0.326 e. The van der Waals surface area contributed by atoms with Gasteiger partial charge in [-0.1, -0.05) is 52.3 Å². The molecular weight excluding hydrogens is 478 g/mol. The number of benzene rings is 1. The molecule has 0 aliphatic carbocycles. The molecule has 3 amide bonds. The van der Waals surface area contributed by atoms with Gasteiger partial charge in [0, 0.05) is 23.5 Å². The number of carbonyl (C=O) groups excluding carboxylic acids is 3. The minimum atomic E-state index is -1.41. The summed E-state index contributed by atoms with van der Waals surface area (Å²) >= 11 is 0. The molecule has 0 radical (unpaired) electrons. The number of aliphatic hydroxyl groups excluding tert-OH is 1. The standard InChI is InChI=1S/C26H39N5O6/c1-5-15(4)22(26(36)37)31-25(35)21(13-32)30-24(34)20(29-23(33)18(27)10-14(2)3)11-16-12-28-19-9-7-6-8-17(16)19/h6-9,12,14-15,18,20-22,28,32H,5,10-11,13,27H2,1-4H3,(H,29,33)(H,30,34)(H,31,35)(H,36,37). The van der Waals surface area contributed by atoms with Crippen LogP contribution in [0.2, 0.25) is 0 Å². The Morgan fingerprint density at radius 3 is 2.19 bits per heavy atom. The van der Waals surface area contributed by atoms with Crippen LogP contribution >= 0.6 is 0 Å².